The first kappa shape index (κ1) is 12.5. The lowest BCUT2D eigenvalue weighted by Gasteiger charge is -2.08. The fourth-order valence-electron chi connectivity index (χ4n) is 2.61. The van der Waals surface area contributed by atoms with E-state index in [0.29, 0.717) is 16.8 Å². The molecule has 0 aliphatic heterocycles. The van der Waals surface area contributed by atoms with Crippen molar-refractivity contribution in [1.82, 2.24) is 4.98 Å². The third-order valence-corrected chi connectivity index (χ3v) is 5.77. The van der Waals surface area contributed by atoms with Crippen molar-refractivity contribution in [2.45, 2.75) is 36.7 Å². The molecule has 6 heteroatoms. The topological polar surface area (TPSA) is 86.2 Å². The number of hydrogen-bond acceptors (Lipinski definition) is 5. The Morgan fingerprint density at radius 1 is 1.32 bits per heavy atom. The Bertz CT molecular complexity index is 700. The van der Waals surface area contributed by atoms with Gasteiger partial charge in [0.05, 0.1) is 10.9 Å². The third-order valence-electron chi connectivity index (χ3n) is 3.63. The molecule has 1 aromatic heterocycles. The summed E-state index contributed by atoms with van der Waals surface area (Å²) in [4.78, 5) is 4.20. The van der Waals surface area contributed by atoms with Crippen LogP contribution in [0.25, 0.3) is 11.1 Å². The zero-order valence-electron chi connectivity index (χ0n) is 10.5. The number of oxazole rings is 1. The quantitative estimate of drug-likeness (QED) is 0.871. The number of aromatic nitrogens is 1. The Morgan fingerprint density at radius 3 is 2.74 bits per heavy atom. The van der Waals surface area contributed by atoms with Crippen LogP contribution in [0, 0.1) is 0 Å². The second-order valence-corrected chi connectivity index (χ2v) is 7.30. The van der Waals surface area contributed by atoms with E-state index in [9.17, 15) is 8.42 Å². The molecule has 1 heterocycles. The van der Waals surface area contributed by atoms with Crippen LogP contribution >= 0.6 is 0 Å². The first-order chi connectivity index (χ1) is 9.06. The predicted octanol–water partition coefficient (Wildman–Crippen LogP) is 2.27. The summed E-state index contributed by atoms with van der Waals surface area (Å²) in [5.41, 5.74) is 7.37. The zero-order chi connectivity index (χ0) is 13.5. The summed E-state index contributed by atoms with van der Waals surface area (Å²) in [6.45, 7) is 0. The fraction of sp³-hybridized carbons (Fsp3) is 0.462. The van der Waals surface area contributed by atoms with Crippen molar-refractivity contribution < 1.29 is 12.8 Å². The van der Waals surface area contributed by atoms with Crippen molar-refractivity contribution in [3.63, 3.8) is 0 Å². The highest BCUT2D eigenvalue weighted by Gasteiger charge is 2.30. The van der Waals surface area contributed by atoms with Crippen LogP contribution in [0.15, 0.2) is 22.6 Å². The average molecular weight is 280 g/mol. The van der Waals surface area contributed by atoms with Crippen LogP contribution in [0.4, 0.5) is 5.69 Å². The van der Waals surface area contributed by atoms with Crippen LogP contribution in [-0.4, -0.2) is 18.7 Å². The maximum absolute atomic E-state index is 12.2. The van der Waals surface area contributed by atoms with Gasteiger partial charge in [0.15, 0.2) is 15.4 Å². The summed E-state index contributed by atoms with van der Waals surface area (Å²) in [7, 11) is -3.17. The lowest BCUT2D eigenvalue weighted by atomic mass is 10.3. The Hall–Kier alpha value is -1.56. The molecule has 0 radical (unpaired) electrons. The molecule has 5 nitrogen and oxygen atoms in total. The molecule has 0 spiro atoms. The van der Waals surface area contributed by atoms with Crippen molar-refractivity contribution in [3.05, 3.63) is 24.1 Å². The summed E-state index contributed by atoms with van der Waals surface area (Å²) in [6, 6.07) is 5.22. The minimum absolute atomic E-state index is 0.133. The van der Waals surface area contributed by atoms with Crippen molar-refractivity contribution in [3.8, 4) is 0 Å². The van der Waals surface area contributed by atoms with Crippen LogP contribution in [0.1, 0.15) is 31.6 Å². The highest BCUT2D eigenvalue weighted by atomic mass is 32.2. The van der Waals surface area contributed by atoms with E-state index in [2.05, 4.69) is 4.98 Å². The van der Waals surface area contributed by atoms with Gasteiger partial charge >= 0.3 is 0 Å². The van der Waals surface area contributed by atoms with E-state index >= 15 is 0 Å². The number of hydrogen-bond donors (Lipinski definition) is 1. The van der Waals surface area contributed by atoms with E-state index in [0.717, 1.165) is 25.7 Å². The van der Waals surface area contributed by atoms with Gasteiger partial charge in [-0.15, -0.1) is 0 Å². The van der Waals surface area contributed by atoms with Gasteiger partial charge in [0.2, 0.25) is 5.89 Å². The minimum atomic E-state index is -3.17. The molecule has 0 amide bonds. The van der Waals surface area contributed by atoms with Gasteiger partial charge in [0, 0.05) is 0 Å². The SMILES string of the molecule is Nc1cccc2oc(CS(=O)(=O)C3CCCC3)nc12. The van der Waals surface area contributed by atoms with E-state index in [1.165, 1.54) is 0 Å². The van der Waals surface area contributed by atoms with Crippen molar-refractivity contribution >= 4 is 26.6 Å². The summed E-state index contributed by atoms with van der Waals surface area (Å²) < 4.78 is 29.9. The van der Waals surface area contributed by atoms with Crippen LogP contribution in [0.5, 0.6) is 0 Å². The number of nitrogens with two attached hydrogens (primary N) is 1. The molecule has 0 unspecified atom stereocenters. The molecule has 1 fully saturated rings. The molecular formula is C13H16N2O3S. The van der Waals surface area contributed by atoms with Crippen LogP contribution in [0.2, 0.25) is 0 Å². The van der Waals surface area contributed by atoms with Crippen LogP contribution < -0.4 is 5.73 Å². The van der Waals surface area contributed by atoms with Crippen LogP contribution in [0.3, 0.4) is 0 Å². The molecule has 1 aliphatic rings. The van der Waals surface area contributed by atoms with E-state index in [1.807, 2.05) is 0 Å². The van der Waals surface area contributed by atoms with Gasteiger partial charge in [0.25, 0.3) is 0 Å². The molecule has 1 saturated carbocycles. The third kappa shape index (κ3) is 2.32. The second-order valence-electron chi connectivity index (χ2n) is 5.02. The molecule has 0 atom stereocenters. The molecule has 1 aromatic carbocycles. The summed E-state index contributed by atoms with van der Waals surface area (Å²) in [6.07, 6.45) is 3.49. The first-order valence-electron chi connectivity index (χ1n) is 6.42. The summed E-state index contributed by atoms with van der Waals surface area (Å²) in [5, 5.41) is -0.236. The largest absolute Gasteiger partial charge is 0.439 e. The monoisotopic (exact) mass is 280 g/mol. The second kappa shape index (κ2) is 4.52. The smallest absolute Gasteiger partial charge is 0.210 e. The Kier molecular flexibility index (Phi) is 2.97. The summed E-state index contributed by atoms with van der Waals surface area (Å²) >= 11 is 0. The van der Waals surface area contributed by atoms with E-state index < -0.39 is 9.84 Å². The highest BCUT2D eigenvalue weighted by molar-refractivity contribution is 7.91. The van der Waals surface area contributed by atoms with Crippen molar-refractivity contribution in [2.75, 3.05) is 5.73 Å². The van der Waals surface area contributed by atoms with Crippen molar-refractivity contribution in [2.24, 2.45) is 0 Å². The van der Waals surface area contributed by atoms with Gasteiger partial charge < -0.3 is 10.2 Å². The number of anilines is 1. The molecular weight excluding hydrogens is 264 g/mol. The molecule has 1 aliphatic carbocycles. The molecule has 2 aromatic rings. The molecule has 19 heavy (non-hydrogen) atoms. The van der Waals surface area contributed by atoms with E-state index in [-0.39, 0.29) is 16.9 Å². The first-order valence-corrected chi connectivity index (χ1v) is 8.13. The Labute approximate surface area is 111 Å². The maximum Gasteiger partial charge on any atom is 0.210 e. The molecule has 0 bridgehead atoms. The normalized spacial score (nSPS) is 17.3. The standard InChI is InChI=1S/C13H16N2O3S/c14-10-6-3-7-11-13(10)15-12(18-11)8-19(16,17)9-4-1-2-5-9/h3,6-7,9H,1-2,4-5,8,14H2. The van der Waals surface area contributed by atoms with Crippen LogP contribution in [-0.2, 0) is 15.6 Å². The lowest BCUT2D eigenvalue weighted by Crippen LogP contribution is -2.19. The number of benzene rings is 1. The summed E-state index contributed by atoms with van der Waals surface area (Å²) in [5.74, 6) is 0.103. The zero-order valence-corrected chi connectivity index (χ0v) is 11.3. The highest BCUT2D eigenvalue weighted by Crippen LogP contribution is 2.28. The number of para-hydroxylation sites is 1. The number of sulfone groups is 1. The maximum atomic E-state index is 12.2. The number of nitrogens with zero attached hydrogens (tertiary/aromatic N) is 1. The fourth-order valence-corrected chi connectivity index (χ4v) is 4.37. The van der Waals surface area contributed by atoms with Gasteiger partial charge in [0.1, 0.15) is 11.3 Å². The van der Waals surface area contributed by atoms with E-state index in [4.69, 9.17) is 10.2 Å². The number of fused-ring (bicyclic) bond motifs is 1. The number of nitrogen functional groups attached to an aromatic ring is 1. The van der Waals surface area contributed by atoms with Gasteiger partial charge in [-0.1, -0.05) is 18.9 Å². The van der Waals surface area contributed by atoms with Gasteiger partial charge in [-0.05, 0) is 25.0 Å². The molecule has 0 saturated heterocycles. The molecule has 2 N–H and O–H groups in total. The number of rotatable bonds is 3. The minimum Gasteiger partial charge on any atom is -0.439 e. The molecule has 102 valence electrons. The van der Waals surface area contributed by atoms with E-state index in [1.54, 1.807) is 18.2 Å². The Balaban J connectivity index is 1.91. The van der Waals surface area contributed by atoms with Gasteiger partial charge in [-0.3, -0.25) is 0 Å². The van der Waals surface area contributed by atoms with Crippen molar-refractivity contribution in [1.29, 1.82) is 0 Å². The predicted molar refractivity (Wildman–Crippen MR) is 73.3 cm³/mol. The average Bonchev–Trinajstić information content (AvgIpc) is 2.96. The molecule has 3 rings (SSSR count). The Morgan fingerprint density at radius 2 is 2.05 bits per heavy atom. The van der Waals surface area contributed by atoms with Gasteiger partial charge in [-0.25, -0.2) is 13.4 Å². The van der Waals surface area contributed by atoms with Gasteiger partial charge in [-0.2, -0.15) is 0 Å². The lowest BCUT2D eigenvalue weighted by molar-refractivity contribution is 0.534.